The van der Waals surface area contributed by atoms with Gasteiger partial charge in [0.1, 0.15) is 0 Å². The molecule has 0 atom stereocenters. The Morgan fingerprint density at radius 3 is 0.860 bits per heavy atom. The average molecular weight is 1290 g/mol. The van der Waals surface area contributed by atoms with Crippen LogP contribution < -0.4 is 26.2 Å². The molecule has 3 heterocycles. The third kappa shape index (κ3) is 11.2. The van der Waals surface area contributed by atoms with Gasteiger partial charge in [0, 0.05) is 44.9 Å². The van der Waals surface area contributed by atoms with Crippen LogP contribution in [0.25, 0.3) is 94.3 Å². The monoisotopic (exact) mass is 1290 g/mol. The van der Waals surface area contributed by atoms with Crippen LogP contribution in [0.1, 0.15) is 152 Å². The molecule has 0 saturated heterocycles. The number of fused-ring (bicyclic) bond motifs is 7. The summed E-state index contributed by atoms with van der Waals surface area (Å²) in [5, 5.41) is 2.48. The molecule has 0 spiro atoms. The lowest BCUT2D eigenvalue weighted by molar-refractivity contribution is 0.807. The van der Waals surface area contributed by atoms with Gasteiger partial charge in [0.25, 0.3) is 6.71 Å². The van der Waals surface area contributed by atoms with Crippen molar-refractivity contribution in [1.82, 2.24) is 4.57 Å². The normalized spacial score (nSPS) is 12.7. The van der Waals surface area contributed by atoms with Crippen molar-refractivity contribution in [3.8, 4) is 72.4 Å². The first-order valence-electron chi connectivity index (χ1n) is 36.5. The molecule has 16 rings (SSSR count). The second kappa shape index (κ2) is 25.9. The molecule has 1 aromatic heterocycles. The van der Waals surface area contributed by atoms with Gasteiger partial charge in [-0.3, -0.25) is 0 Å². The molecular weight excluding hydrogens is 1210 g/mol. The molecule has 0 fully saturated rings. The fourth-order valence-corrected chi connectivity index (χ4v) is 16.4. The standard InChI is InChI=1S/C96H88BN3/c1-59(2)75-51-80(61(5)6)94(81(52-75)62(7)8)73-39-45-88-84(49-73)85-50-74(95-82(63(9)10)53-76(60(3)4)54-83(95)64(11)12)40-46-89(85)100(88)79-57-92-96-93(58-79)99(78-43-35-70(36-44-78)66-27-19-14-20-28-66)91-48-38-72(68-31-23-16-24-32-68)56-87(91)97(96)86-55-71(67-29-21-15-22-30-67)37-47-90(86)98(92)77-41-33-69(34-42-77)65-25-17-13-18-26-65/h13-64H,1-12H3. The topological polar surface area (TPSA) is 11.4 Å². The molecular formula is C96H88BN3. The zero-order valence-corrected chi connectivity index (χ0v) is 59.9. The molecule has 14 aromatic rings. The van der Waals surface area contributed by atoms with Gasteiger partial charge >= 0.3 is 0 Å². The third-order valence-electron chi connectivity index (χ3n) is 21.6. The predicted molar refractivity (Wildman–Crippen MR) is 432 cm³/mol. The molecule has 490 valence electrons. The Labute approximate surface area is 593 Å². The van der Waals surface area contributed by atoms with Gasteiger partial charge in [-0.15, -0.1) is 0 Å². The first-order chi connectivity index (χ1) is 48.6. The van der Waals surface area contributed by atoms with Crippen LogP contribution in [0, 0.1) is 0 Å². The van der Waals surface area contributed by atoms with Crippen LogP contribution in [0.3, 0.4) is 0 Å². The minimum atomic E-state index is -0.154. The Balaban J connectivity index is 1.03. The summed E-state index contributed by atoms with van der Waals surface area (Å²) in [4.78, 5) is 5.18. The lowest BCUT2D eigenvalue weighted by atomic mass is 9.33. The van der Waals surface area contributed by atoms with E-state index in [2.05, 4.69) is 377 Å². The smallest absolute Gasteiger partial charge is 0.252 e. The average Bonchev–Trinajstić information content (AvgIpc) is 0.883. The summed E-state index contributed by atoms with van der Waals surface area (Å²) in [5.41, 5.74) is 37.3. The fourth-order valence-electron chi connectivity index (χ4n) is 16.4. The summed E-state index contributed by atoms with van der Waals surface area (Å²) < 4.78 is 2.61. The zero-order chi connectivity index (χ0) is 68.8. The number of anilines is 6. The Morgan fingerprint density at radius 1 is 0.240 bits per heavy atom. The van der Waals surface area contributed by atoms with Crippen LogP contribution in [-0.4, -0.2) is 11.3 Å². The van der Waals surface area contributed by atoms with Gasteiger partial charge in [-0.05, 0) is 225 Å². The molecule has 0 N–H and O–H groups in total. The lowest BCUT2D eigenvalue weighted by Crippen LogP contribution is -2.61. The molecule has 0 radical (unpaired) electrons. The molecule has 3 nitrogen and oxygen atoms in total. The molecule has 0 amide bonds. The van der Waals surface area contributed by atoms with Crippen molar-refractivity contribution in [2.24, 2.45) is 0 Å². The van der Waals surface area contributed by atoms with Crippen molar-refractivity contribution in [3.63, 3.8) is 0 Å². The minimum Gasteiger partial charge on any atom is -0.311 e. The largest absolute Gasteiger partial charge is 0.311 e. The van der Waals surface area contributed by atoms with Crippen LogP contribution in [0.4, 0.5) is 34.1 Å². The SMILES string of the molecule is CC(C)c1cc(C(C)C)c(-c2ccc3c(c2)c2cc(-c4c(C(C)C)cc(C(C)C)cc4C(C)C)ccc2n3-c2cc3c4c(c2)N(c2ccc(-c5ccccc5)cc2)c2ccc(-c5ccccc5)cc2B4c2cc(-c4ccccc4)ccc2N3c2ccc(-c3ccccc3)cc2)c(C(C)C)c1. The Bertz CT molecular complexity index is 5020. The van der Waals surface area contributed by atoms with E-state index in [0.29, 0.717) is 35.5 Å². The second-order valence-corrected chi connectivity index (χ2v) is 30.0. The van der Waals surface area contributed by atoms with Crippen molar-refractivity contribution in [2.75, 3.05) is 9.80 Å². The van der Waals surface area contributed by atoms with E-state index in [1.807, 2.05) is 0 Å². The van der Waals surface area contributed by atoms with Crippen LogP contribution >= 0.6 is 0 Å². The summed E-state index contributed by atoms with van der Waals surface area (Å²) in [7, 11) is 0. The van der Waals surface area contributed by atoms with Gasteiger partial charge in [-0.25, -0.2) is 0 Å². The van der Waals surface area contributed by atoms with Crippen LogP contribution in [0.15, 0.2) is 279 Å². The first-order valence-corrected chi connectivity index (χ1v) is 36.5. The number of benzene rings is 13. The zero-order valence-electron chi connectivity index (χ0n) is 59.9. The van der Waals surface area contributed by atoms with E-state index in [4.69, 9.17) is 0 Å². The van der Waals surface area contributed by atoms with Gasteiger partial charge in [0.05, 0.1) is 16.7 Å². The number of hydrogen-bond donors (Lipinski definition) is 0. The number of aromatic nitrogens is 1. The van der Waals surface area contributed by atoms with Crippen LogP contribution in [-0.2, 0) is 0 Å². The molecule has 2 aliphatic heterocycles. The van der Waals surface area contributed by atoms with E-state index in [9.17, 15) is 0 Å². The highest BCUT2D eigenvalue weighted by Gasteiger charge is 2.44. The molecule has 0 unspecified atom stereocenters. The molecule has 2 aliphatic rings. The maximum absolute atomic E-state index is 2.61. The number of nitrogens with zero attached hydrogens (tertiary/aromatic N) is 3. The fraction of sp³-hybridized carbons (Fsp3) is 0.188. The molecule has 4 heteroatoms. The van der Waals surface area contributed by atoms with E-state index in [-0.39, 0.29) is 6.71 Å². The van der Waals surface area contributed by atoms with Crippen molar-refractivity contribution in [2.45, 2.75) is 119 Å². The highest BCUT2D eigenvalue weighted by Crippen LogP contribution is 2.50. The van der Waals surface area contributed by atoms with Gasteiger partial charge < -0.3 is 14.4 Å². The van der Waals surface area contributed by atoms with Crippen molar-refractivity contribution >= 4 is 79.0 Å². The highest BCUT2D eigenvalue weighted by molar-refractivity contribution is 7.00. The lowest BCUT2D eigenvalue weighted by Gasteiger charge is -2.44. The quantitative estimate of drug-likeness (QED) is 0.0948. The summed E-state index contributed by atoms with van der Waals surface area (Å²) >= 11 is 0. The Morgan fingerprint density at radius 2 is 0.540 bits per heavy atom. The van der Waals surface area contributed by atoms with Crippen molar-refractivity contribution in [3.05, 3.63) is 312 Å². The maximum atomic E-state index is 2.61. The Hall–Kier alpha value is -10.7. The van der Waals surface area contributed by atoms with E-state index >= 15 is 0 Å². The maximum Gasteiger partial charge on any atom is 0.252 e. The van der Waals surface area contributed by atoms with E-state index < -0.39 is 0 Å². The molecule has 0 saturated carbocycles. The summed E-state index contributed by atoms with van der Waals surface area (Å²) in [6.45, 7) is 28.2. The predicted octanol–water partition coefficient (Wildman–Crippen LogP) is 25.6. The minimum absolute atomic E-state index is 0.154. The molecule has 0 aliphatic carbocycles. The number of rotatable bonds is 15. The van der Waals surface area contributed by atoms with Crippen molar-refractivity contribution < 1.29 is 0 Å². The molecule has 100 heavy (non-hydrogen) atoms. The second-order valence-electron chi connectivity index (χ2n) is 30.0. The van der Waals surface area contributed by atoms with Gasteiger partial charge in [-0.1, -0.05) is 289 Å². The van der Waals surface area contributed by atoms with E-state index in [0.717, 1.165) is 39.8 Å². The first kappa shape index (κ1) is 64.0. The van der Waals surface area contributed by atoms with E-state index in [1.165, 1.54) is 138 Å². The van der Waals surface area contributed by atoms with Crippen LogP contribution in [0.2, 0.25) is 0 Å². The van der Waals surface area contributed by atoms with Gasteiger partial charge in [0.15, 0.2) is 0 Å². The molecule has 0 bridgehead atoms. The van der Waals surface area contributed by atoms with Crippen molar-refractivity contribution in [1.29, 1.82) is 0 Å². The summed E-state index contributed by atoms with van der Waals surface area (Å²) in [6, 6.07) is 107. The van der Waals surface area contributed by atoms with Crippen LogP contribution in [0.5, 0.6) is 0 Å². The summed E-state index contributed by atoms with van der Waals surface area (Å²) in [5.74, 6) is 2.12. The van der Waals surface area contributed by atoms with Gasteiger partial charge in [-0.2, -0.15) is 0 Å². The summed E-state index contributed by atoms with van der Waals surface area (Å²) in [6.07, 6.45) is 0. The third-order valence-corrected chi connectivity index (χ3v) is 21.6. The van der Waals surface area contributed by atoms with E-state index in [1.54, 1.807) is 0 Å². The Kier molecular flexibility index (Phi) is 16.6. The number of hydrogen-bond acceptors (Lipinski definition) is 2. The van der Waals surface area contributed by atoms with Gasteiger partial charge in [0.2, 0.25) is 0 Å². The molecule has 13 aromatic carbocycles. The highest BCUT2D eigenvalue weighted by atomic mass is 15.2.